The summed E-state index contributed by atoms with van der Waals surface area (Å²) in [6.07, 6.45) is -1.19. The number of amides is 1. The number of halogens is 1. The Morgan fingerprint density at radius 2 is 1.88 bits per heavy atom. The van der Waals surface area contributed by atoms with Gasteiger partial charge < -0.3 is 19.9 Å². The monoisotopic (exact) mass is 333 g/mol. The topological polar surface area (TPSA) is 84.9 Å². The minimum absolute atomic E-state index is 0.0189. The molecule has 24 heavy (non-hydrogen) atoms. The van der Waals surface area contributed by atoms with Gasteiger partial charge in [0.05, 0.1) is 12.8 Å². The van der Waals surface area contributed by atoms with Crippen LogP contribution in [0.5, 0.6) is 11.5 Å². The van der Waals surface area contributed by atoms with Gasteiger partial charge in [0, 0.05) is 0 Å². The SMILES string of the molecule is COc1cccc(C(=O)O[C@H](C)C(=O)Nc2ccccc2F)c1O. The van der Waals surface area contributed by atoms with Crippen LogP contribution in [0.3, 0.4) is 0 Å². The third-order valence-corrected chi connectivity index (χ3v) is 3.22. The fourth-order valence-electron chi connectivity index (χ4n) is 1.93. The van der Waals surface area contributed by atoms with E-state index in [1.165, 1.54) is 50.4 Å². The van der Waals surface area contributed by atoms with Crippen molar-refractivity contribution in [3.8, 4) is 11.5 Å². The van der Waals surface area contributed by atoms with E-state index >= 15 is 0 Å². The van der Waals surface area contributed by atoms with Gasteiger partial charge in [-0.05, 0) is 31.2 Å². The predicted molar refractivity (Wildman–Crippen MR) is 84.6 cm³/mol. The lowest BCUT2D eigenvalue weighted by atomic mass is 10.2. The van der Waals surface area contributed by atoms with Crippen molar-refractivity contribution in [1.29, 1.82) is 0 Å². The Morgan fingerprint density at radius 1 is 1.17 bits per heavy atom. The number of anilines is 1. The van der Waals surface area contributed by atoms with Gasteiger partial charge in [0.2, 0.25) is 0 Å². The highest BCUT2D eigenvalue weighted by Gasteiger charge is 2.23. The maximum atomic E-state index is 13.5. The molecule has 126 valence electrons. The second-order valence-electron chi connectivity index (χ2n) is 4.87. The van der Waals surface area contributed by atoms with Gasteiger partial charge in [-0.2, -0.15) is 0 Å². The lowest BCUT2D eigenvalue weighted by Crippen LogP contribution is -2.30. The van der Waals surface area contributed by atoms with Crippen molar-refractivity contribution in [2.45, 2.75) is 13.0 Å². The standard InChI is InChI=1S/C17H16FNO5/c1-10(16(21)19-13-8-4-3-7-12(13)18)24-17(22)11-6-5-9-14(23-2)15(11)20/h3-10,20H,1-2H3,(H,19,21)/t10-/m1/s1. The third kappa shape index (κ3) is 3.81. The molecule has 2 N–H and O–H groups in total. The fraction of sp³-hybridized carbons (Fsp3) is 0.176. The number of phenolic OH excluding ortho intramolecular Hbond substituents is 1. The lowest BCUT2D eigenvalue weighted by Gasteiger charge is -2.15. The van der Waals surface area contributed by atoms with Crippen LogP contribution in [0.15, 0.2) is 42.5 Å². The first-order valence-corrected chi connectivity index (χ1v) is 7.06. The average molecular weight is 333 g/mol. The van der Waals surface area contributed by atoms with E-state index in [2.05, 4.69) is 5.32 Å². The van der Waals surface area contributed by atoms with Gasteiger partial charge in [0.1, 0.15) is 11.4 Å². The van der Waals surface area contributed by atoms with Crippen LogP contribution in [0.1, 0.15) is 17.3 Å². The largest absolute Gasteiger partial charge is 0.504 e. The number of phenols is 1. The number of aromatic hydroxyl groups is 1. The smallest absolute Gasteiger partial charge is 0.342 e. The quantitative estimate of drug-likeness (QED) is 0.822. The highest BCUT2D eigenvalue weighted by atomic mass is 19.1. The van der Waals surface area contributed by atoms with E-state index in [4.69, 9.17) is 9.47 Å². The fourth-order valence-corrected chi connectivity index (χ4v) is 1.93. The molecule has 0 aliphatic rings. The molecule has 0 saturated heterocycles. The first-order chi connectivity index (χ1) is 11.4. The molecular weight excluding hydrogens is 317 g/mol. The van der Waals surface area contributed by atoms with Gasteiger partial charge in [0.25, 0.3) is 5.91 Å². The van der Waals surface area contributed by atoms with Crippen LogP contribution >= 0.6 is 0 Å². The van der Waals surface area contributed by atoms with E-state index < -0.39 is 23.8 Å². The summed E-state index contributed by atoms with van der Waals surface area (Å²) in [5, 5.41) is 12.2. The minimum atomic E-state index is -1.19. The Balaban J connectivity index is 2.06. The normalized spacial score (nSPS) is 11.5. The Bertz CT molecular complexity index is 762. The van der Waals surface area contributed by atoms with Crippen LogP contribution in [0.4, 0.5) is 10.1 Å². The van der Waals surface area contributed by atoms with Gasteiger partial charge >= 0.3 is 5.97 Å². The van der Waals surface area contributed by atoms with Crippen molar-refractivity contribution in [2.75, 3.05) is 12.4 Å². The molecule has 0 heterocycles. The number of hydrogen-bond acceptors (Lipinski definition) is 5. The molecule has 1 atom stereocenters. The van der Waals surface area contributed by atoms with E-state index in [-0.39, 0.29) is 22.7 Å². The molecule has 2 aromatic rings. The first kappa shape index (κ1) is 17.3. The zero-order valence-electron chi connectivity index (χ0n) is 13.1. The second-order valence-corrected chi connectivity index (χ2v) is 4.87. The summed E-state index contributed by atoms with van der Waals surface area (Å²) in [4.78, 5) is 24.1. The molecule has 0 saturated carbocycles. The van der Waals surface area contributed by atoms with E-state index in [0.29, 0.717) is 0 Å². The molecule has 1 amide bonds. The molecular formula is C17H16FNO5. The van der Waals surface area contributed by atoms with Gasteiger partial charge in [-0.3, -0.25) is 4.79 Å². The van der Waals surface area contributed by atoms with E-state index in [9.17, 15) is 19.1 Å². The summed E-state index contributed by atoms with van der Waals surface area (Å²) in [6.45, 7) is 1.34. The number of benzene rings is 2. The van der Waals surface area contributed by atoms with Crippen molar-refractivity contribution in [1.82, 2.24) is 0 Å². The van der Waals surface area contributed by atoms with E-state index in [0.717, 1.165) is 0 Å². The first-order valence-electron chi connectivity index (χ1n) is 7.06. The molecule has 2 aromatic carbocycles. The molecule has 0 unspecified atom stereocenters. The van der Waals surface area contributed by atoms with E-state index in [1.807, 2.05) is 0 Å². The van der Waals surface area contributed by atoms with Gasteiger partial charge in [0.15, 0.2) is 17.6 Å². The zero-order chi connectivity index (χ0) is 17.7. The maximum absolute atomic E-state index is 13.5. The molecule has 0 aliphatic heterocycles. The molecule has 6 nitrogen and oxygen atoms in total. The highest BCUT2D eigenvalue weighted by molar-refractivity contribution is 5.98. The molecule has 0 fully saturated rings. The number of para-hydroxylation sites is 2. The summed E-state index contributed by atoms with van der Waals surface area (Å²) in [6, 6.07) is 9.93. The molecule has 0 radical (unpaired) electrons. The molecule has 0 spiro atoms. The van der Waals surface area contributed by atoms with Crippen LogP contribution in [0.25, 0.3) is 0 Å². The number of carbonyl (C=O) groups is 2. The number of methoxy groups -OCH3 is 1. The number of rotatable bonds is 5. The van der Waals surface area contributed by atoms with Crippen LogP contribution in [0, 0.1) is 5.82 Å². The average Bonchev–Trinajstić information content (AvgIpc) is 2.56. The summed E-state index contributed by atoms with van der Waals surface area (Å²) in [7, 11) is 1.34. The van der Waals surface area contributed by atoms with Crippen molar-refractivity contribution in [3.05, 3.63) is 53.8 Å². The number of nitrogens with one attached hydrogen (secondary N) is 1. The molecule has 2 rings (SSSR count). The van der Waals surface area contributed by atoms with Gasteiger partial charge in [-0.15, -0.1) is 0 Å². The molecule has 0 bridgehead atoms. The van der Waals surface area contributed by atoms with Crippen LogP contribution in [-0.4, -0.2) is 30.2 Å². The summed E-state index contributed by atoms with van der Waals surface area (Å²) >= 11 is 0. The van der Waals surface area contributed by atoms with Gasteiger partial charge in [-0.25, -0.2) is 9.18 Å². The molecule has 7 heteroatoms. The second kappa shape index (κ2) is 7.45. The van der Waals surface area contributed by atoms with Crippen LogP contribution in [0.2, 0.25) is 0 Å². The van der Waals surface area contributed by atoms with Crippen molar-refractivity contribution in [2.24, 2.45) is 0 Å². The third-order valence-electron chi connectivity index (χ3n) is 3.22. The summed E-state index contributed by atoms with van der Waals surface area (Å²) in [5.74, 6) is -2.48. The highest BCUT2D eigenvalue weighted by Crippen LogP contribution is 2.30. The Labute approximate surface area is 137 Å². The molecule has 0 aromatic heterocycles. The summed E-state index contributed by atoms with van der Waals surface area (Å²) < 4.78 is 23.4. The minimum Gasteiger partial charge on any atom is -0.504 e. The predicted octanol–water partition coefficient (Wildman–Crippen LogP) is 2.72. The number of ether oxygens (including phenoxy) is 2. The maximum Gasteiger partial charge on any atom is 0.342 e. The van der Waals surface area contributed by atoms with Crippen molar-refractivity contribution in [3.63, 3.8) is 0 Å². The number of esters is 1. The Morgan fingerprint density at radius 3 is 2.54 bits per heavy atom. The number of carbonyl (C=O) groups excluding carboxylic acids is 2. The zero-order valence-corrected chi connectivity index (χ0v) is 13.1. The Hall–Kier alpha value is -3.09. The summed E-state index contributed by atoms with van der Waals surface area (Å²) in [5.41, 5.74) is -0.158. The van der Waals surface area contributed by atoms with Crippen molar-refractivity contribution < 1.29 is 28.6 Å². The van der Waals surface area contributed by atoms with E-state index in [1.54, 1.807) is 6.07 Å². The number of hydrogen-bond donors (Lipinski definition) is 2. The van der Waals surface area contributed by atoms with Crippen molar-refractivity contribution >= 4 is 17.6 Å². The Kier molecular flexibility index (Phi) is 5.36. The lowest BCUT2D eigenvalue weighted by molar-refractivity contribution is -0.123. The molecule has 0 aliphatic carbocycles. The van der Waals surface area contributed by atoms with Crippen LogP contribution in [-0.2, 0) is 9.53 Å². The van der Waals surface area contributed by atoms with Gasteiger partial charge in [-0.1, -0.05) is 18.2 Å². The van der Waals surface area contributed by atoms with Crippen LogP contribution < -0.4 is 10.1 Å².